The highest BCUT2D eigenvalue weighted by molar-refractivity contribution is 5.81. The molecule has 0 aromatic rings. The third-order valence-corrected chi connectivity index (χ3v) is 6.35. The predicted molar refractivity (Wildman–Crippen MR) is 105 cm³/mol. The molecule has 1 aliphatic carbocycles. The van der Waals surface area contributed by atoms with Gasteiger partial charge in [-0.15, -0.1) is 5.06 Å². The van der Waals surface area contributed by atoms with Crippen LogP contribution in [0.25, 0.3) is 0 Å². The maximum atomic E-state index is 13.0. The van der Waals surface area contributed by atoms with Gasteiger partial charge in [0.15, 0.2) is 0 Å². The lowest BCUT2D eigenvalue weighted by Gasteiger charge is -2.41. The van der Waals surface area contributed by atoms with Gasteiger partial charge in [0.2, 0.25) is 12.1 Å². The number of hydroxylamine groups is 2. The van der Waals surface area contributed by atoms with Crippen LogP contribution in [-0.2, 0) is 19.2 Å². The van der Waals surface area contributed by atoms with Gasteiger partial charge in [-0.1, -0.05) is 26.2 Å². The summed E-state index contributed by atoms with van der Waals surface area (Å²) in [6.45, 7) is 7.14. The molecule has 0 spiro atoms. The summed E-state index contributed by atoms with van der Waals surface area (Å²) in [6.07, 6.45) is 8.47. The van der Waals surface area contributed by atoms with Crippen LogP contribution in [-0.4, -0.2) is 79.5 Å². The van der Waals surface area contributed by atoms with Crippen LogP contribution in [0.1, 0.15) is 58.3 Å². The Hall–Kier alpha value is -1.22. The lowest BCUT2D eigenvalue weighted by Crippen LogP contribution is -2.59. The van der Waals surface area contributed by atoms with Crippen molar-refractivity contribution < 1.29 is 19.2 Å². The first kappa shape index (κ1) is 21.5. The number of nitrogens with zero attached hydrogens (tertiary/aromatic N) is 2. The van der Waals surface area contributed by atoms with Crippen LogP contribution in [0.15, 0.2) is 0 Å². The number of nitrogens with one attached hydrogen (secondary N) is 2. The monoisotopic (exact) mass is 396 g/mol. The molecule has 2 heterocycles. The van der Waals surface area contributed by atoms with E-state index in [0.29, 0.717) is 32.0 Å². The number of piperidine rings is 1. The molecule has 8 heteroatoms. The molecule has 0 aromatic carbocycles. The summed E-state index contributed by atoms with van der Waals surface area (Å²) in [4.78, 5) is 32.4. The van der Waals surface area contributed by atoms with E-state index in [1.54, 1.807) is 5.06 Å². The van der Waals surface area contributed by atoms with E-state index in [2.05, 4.69) is 15.5 Å². The average Bonchev–Trinajstić information content (AvgIpc) is 2.75. The van der Waals surface area contributed by atoms with E-state index in [-0.39, 0.29) is 6.10 Å². The van der Waals surface area contributed by atoms with Crippen LogP contribution in [0.5, 0.6) is 0 Å². The quantitative estimate of drug-likeness (QED) is 0.468. The second-order valence-corrected chi connectivity index (χ2v) is 8.15. The van der Waals surface area contributed by atoms with Crippen molar-refractivity contribution in [3.05, 3.63) is 0 Å². The van der Waals surface area contributed by atoms with E-state index < -0.39 is 11.7 Å². The zero-order valence-corrected chi connectivity index (χ0v) is 17.2. The van der Waals surface area contributed by atoms with E-state index >= 15 is 0 Å². The standard InChI is InChI=1S/C20H36N4O4/c1-2-20(22-16-25,27-18-6-4-3-5-7-18)19(26)28-24-14-12-23(13-15-24)17-8-10-21-11-9-17/h16-18,21H,2-15H2,1H3,(H,22,25). The predicted octanol–water partition coefficient (Wildman–Crippen LogP) is 1.02. The highest BCUT2D eigenvalue weighted by Gasteiger charge is 2.43. The number of ether oxygens (including phenoxy) is 1. The molecule has 0 bridgehead atoms. The Morgan fingerprint density at radius 3 is 2.39 bits per heavy atom. The molecule has 3 aliphatic rings. The summed E-state index contributed by atoms with van der Waals surface area (Å²) in [6, 6.07) is 0.625. The molecule has 1 saturated carbocycles. The zero-order valence-electron chi connectivity index (χ0n) is 17.2. The van der Waals surface area contributed by atoms with Crippen LogP contribution < -0.4 is 10.6 Å². The highest BCUT2D eigenvalue weighted by atomic mass is 16.7. The van der Waals surface area contributed by atoms with Crippen LogP contribution in [0.2, 0.25) is 0 Å². The molecule has 160 valence electrons. The molecule has 2 aliphatic heterocycles. The molecular weight excluding hydrogens is 360 g/mol. The number of carbonyl (C=O) groups excluding carboxylic acids is 2. The van der Waals surface area contributed by atoms with Gasteiger partial charge in [-0.2, -0.15) is 0 Å². The minimum Gasteiger partial charge on any atom is -0.364 e. The summed E-state index contributed by atoms with van der Waals surface area (Å²) in [5, 5.41) is 7.75. The average molecular weight is 397 g/mol. The van der Waals surface area contributed by atoms with Gasteiger partial charge in [-0.05, 0) is 38.8 Å². The molecule has 0 aromatic heterocycles. The van der Waals surface area contributed by atoms with Gasteiger partial charge in [-0.3, -0.25) is 9.69 Å². The molecule has 3 fully saturated rings. The number of carbonyl (C=O) groups is 2. The third kappa shape index (κ3) is 5.43. The summed E-state index contributed by atoms with van der Waals surface area (Å²) >= 11 is 0. The molecule has 3 rings (SSSR count). The maximum absolute atomic E-state index is 13.0. The zero-order chi connectivity index (χ0) is 19.8. The Morgan fingerprint density at radius 1 is 1.11 bits per heavy atom. The van der Waals surface area contributed by atoms with Gasteiger partial charge in [-0.25, -0.2) is 4.79 Å². The summed E-state index contributed by atoms with van der Waals surface area (Å²) in [5.41, 5.74) is -1.39. The van der Waals surface area contributed by atoms with Crippen molar-refractivity contribution in [2.45, 2.75) is 76.2 Å². The Labute approximate surface area is 168 Å². The molecular formula is C20H36N4O4. The van der Waals surface area contributed by atoms with Crippen molar-refractivity contribution in [2.24, 2.45) is 0 Å². The van der Waals surface area contributed by atoms with Crippen LogP contribution in [0.3, 0.4) is 0 Å². The van der Waals surface area contributed by atoms with E-state index in [0.717, 1.165) is 51.9 Å². The number of hydrogen-bond acceptors (Lipinski definition) is 7. The number of hydrogen-bond donors (Lipinski definition) is 2. The fourth-order valence-electron chi connectivity index (χ4n) is 4.56. The van der Waals surface area contributed by atoms with Crippen molar-refractivity contribution in [1.82, 2.24) is 20.6 Å². The van der Waals surface area contributed by atoms with Gasteiger partial charge in [0.05, 0.1) is 6.10 Å². The minimum atomic E-state index is -1.39. The number of piperazine rings is 1. The minimum absolute atomic E-state index is 0.00883. The topological polar surface area (TPSA) is 83.1 Å². The first-order valence-electron chi connectivity index (χ1n) is 11.0. The smallest absolute Gasteiger partial charge is 0.364 e. The van der Waals surface area contributed by atoms with E-state index in [9.17, 15) is 9.59 Å². The largest absolute Gasteiger partial charge is 0.378 e. The SMILES string of the molecule is CCC(NC=O)(OC1CCCCC1)C(=O)ON1CCN(C2CCNCC2)CC1. The first-order valence-corrected chi connectivity index (χ1v) is 11.0. The van der Waals surface area contributed by atoms with E-state index in [1.807, 2.05) is 6.92 Å². The Morgan fingerprint density at radius 2 is 1.79 bits per heavy atom. The Balaban J connectivity index is 1.53. The van der Waals surface area contributed by atoms with Gasteiger partial charge < -0.3 is 20.2 Å². The molecule has 28 heavy (non-hydrogen) atoms. The van der Waals surface area contributed by atoms with Gasteiger partial charge in [0.1, 0.15) is 0 Å². The molecule has 2 saturated heterocycles. The Bertz CT molecular complexity index is 500. The second-order valence-electron chi connectivity index (χ2n) is 8.15. The normalized spacial score (nSPS) is 25.8. The second kappa shape index (κ2) is 10.5. The lowest BCUT2D eigenvalue weighted by atomic mass is 9.97. The first-order chi connectivity index (χ1) is 13.7. The number of amides is 1. The molecule has 1 unspecified atom stereocenters. The number of rotatable bonds is 8. The fourth-order valence-corrected chi connectivity index (χ4v) is 4.56. The van der Waals surface area contributed by atoms with Crippen LogP contribution >= 0.6 is 0 Å². The van der Waals surface area contributed by atoms with Gasteiger partial charge >= 0.3 is 5.97 Å². The van der Waals surface area contributed by atoms with Crippen molar-refractivity contribution in [3.63, 3.8) is 0 Å². The third-order valence-electron chi connectivity index (χ3n) is 6.35. The molecule has 0 radical (unpaired) electrons. The molecule has 1 amide bonds. The Kier molecular flexibility index (Phi) is 8.08. The summed E-state index contributed by atoms with van der Waals surface area (Å²) in [7, 11) is 0. The van der Waals surface area contributed by atoms with Crippen molar-refractivity contribution in [3.8, 4) is 0 Å². The fraction of sp³-hybridized carbons (Fsp3) is 0.900. The van der Waals surface area contributed by atoms with Crippen LogP contribution in [0, 0.1) is 0 Å². The highest BCUT2D eigenvalue weighted by Crippen LogP contribution is 2.27. The molecule has 2 N–H and O–H groups in total. The van der Waals surface area contributed by atoms with Gasteiger partial charge in [0.25, 0.3) is 0 Å². The molecule has 1 atom stereocenters. The summed E-state index contributed by atoms with van der Waals surface area (Å²) < 4.78 is 6.13. The van der Waals surface area contributed by atoms with Crippen molar-refractivity contribution in [1.29, 1.82) is 0 Å². The van der Waals surface area contributed by atoms with Gasteiger partial charge in [0, 0.05) is 38.6 Å². The van der Waals surface area contributed by atoms with Crippen molar-refractivity contribution >= 4 is 12.4 Å². The summed E-state index contributed by atoms with van der Waals surface area (Å²) in [5.74, 6) is -0.511. The lowest BCUT2D eigenvalue weighted by molar-refractivity contribution is -0.233. The molecule has 8 nitrogen and oxygen atoms in total. The maximum Gasteiger partial charge on any atom is 0.378 e. The van der Waals surface area contributed by atoms with E-state index in [4.69, 9.17) is 9.57 Å². The van der Waals surface area contributed by atoms with E-state index in [1.165, 1.54) is 19.3 Å². The van der Waals surface area contributed by atoms with Crippen LogP contribution in [0.4, 0.5) is 0 Å². The van der Waals surface area contributed by atoms with Crippen molar-refractivity contribution in [2.75, 3.05) is 39.3 Å².